The van der Waals surface area contributed by atoms with E-state index in [9.17, 15) is 19.5 Å². The minimum Gasteiger partial charge on any atom is -0.504 e. The summed E-state index contributed by atoms with van der Waals surface area (Å²) in [6.07, 6.45) is 1.88. The summed E-state index contributed by atoms with van der Waals surface area (Å²) in [4.78, 5) is 59.4. The second kappa shape index (κ2) is 11.5. The summed E-state index contributed by atoms with van der Waals surface area (Å²) in [5, 5.41) is 12.2. The van der Waals surface area contributed by atoms with Gasteiger partial charge in [-0.25, -0.2) is 28.4 Å². The van der Waals surface area contributed by atoms with Gasteiger partial charge in [-0.3, -0.25) is 9.59 Å². The molecule has 1 aliphatic carbocycles. The lowest BCUT2D eigenvalue weighted by molar-refractivity contribution is -0.124. The third kappa shape index (κ3) is 4.38. The van der Waals surface area contributed by atoms with E-state index in [4.69, 9.17) is 16.3 Å². The number of nitrogens with zero attached hydrogens (tertiary/aromatic N) is 4. The van der Waals surface area contributed by atoms with Crippen molar-refractivity contribution in [3.8, 4) is 17.2 Å². The Kier molecular flexibility index (Phi) is 7.31. The van der Waals surface area contributed by atoms with Crippen LogP contribution in [0.4, 0.5) is 5.69 Å². The summed E-state index contributed by atoms with van der Waals surface area (Å²) in [7, 11) is 1.43. The van der Waals surface area contributed by atoms with Crippen molar-refractivity contribution in [3.63, 3.8) is 0 Å². The number of allylic oxidation sites excluding steroid dienone is 2. The third-order valence-electron chi connectivity index (χ3n) is 10.0. The van der Waals surface area contributed by atoms with E-state index in [1.165, 1.54) is 21.4 Å². The van der Waals surface area contributed by atoms with Gasteiger partial charge in [0.2, 0.25) is 11.8 Å². The van der Waals surface area contributed by atoms with Gasteiger partial charge >= 0.3 is 11.4 Å². The van der Waals surface area contributed by atoms with E-state index in [-0.39, 0.29) is 24.5 Å². The van der Waals surface area contributed by atoms with E-state index >= 15 is 4.79 Å². The number of ether oxygens (including phenoxy) is 1. The number of benzene rings is 4. The number of carbonyl (C=O) groups is 2. The molecule has 1 saturated heterocycles. The fourth-order valence-electron chi connectivity index (χ4n) is 8.12. The maximum Gasteiger partial charge on any atom is 0.352 e. The normalized spacial score (nSPS) is 22.7. The number of carbonyl (C=O) groups excluding carboxylic acids is 2. The average Bonchev–Trinajstić information content (AvgIpc) is 3.50. The van der Waals surface area contributed by atoms with Crippen molar-refractivity contribution in [1.82, 2.24) is 13.9 Å². The van der Waals surface area contributed by atoms with Crippen LogP contribution in [0.25, 0.3) is 5.69 Å². The van der Waals surface area contributed by atoms with Crippen LogP contribution in [0.1, 0.15) is 29.5 Å². The number of methoxy groups -OCH3 is 1. The minimum absolute atomic E-state index is 0.0256. The van der Waals surface area contributed by atoms with E-state index in [1.54, 1.807) is 66.7 Å². The van der Waals surface area contributed by atoms with Crippen LogP contribution in [-0.2, 0) is 21.5 Å². The summed E-state index contributed by atoms with van der Waals surface area (Å²) in [6, 6.07) is 26.8. The lowest BCUT2D eigenvalue weighted by Crippen LogP contribution is -2.53. The molecule has 2 aliphatic heterocycles. The van der Waals surface area contributed by atoms with Gasteiger partial charge in [0.1, 0.15) is 0 Å². The molecule has 49 heavy (non-hydrogen) atoms. The zero-order valence-corrected chi connectivity index (χ0v) is 28.3. The van der Waals surface area contributed by atoms with Crippen molar-refractivity contribution < 1.29 is 19.4 Å². The maximum absolute atomic E-state index is 15.3. The number of hydrogen-bond acceptors (Lipinski definition) is 6. The van der Waals surface area contributed by atoms with Gasteiger partial charge in [-0.05, 0) is 60.0 Å². The van der Waals surface area contributed by atoms with Crippen LogP contribution < -0.4 is 21.0 Å². The molecule has 12 heteroatoms. The van der Waals surface area contributed by atoms with Crippen molar-refractivity contribution >= 4 is 45.0 Å². The molecule has 2 amide bonds. The second-order valence-electron chi connectivity index (χ2n) is 12.3. The Morgan fingerprint density at radius 1 is 0.878 bits per heavy atom. The molecule has 0 radical (unpaired) electrons. The smallest absolute Gasteiger partial charge is 0.352 e. The number of imide groups is 1. The number of amides is 2. The summed E-state index contributed by atoms with van der Waals surface area (Å²) < 4.78 is 10.0. The Hall–Kier alpha value is -5.13. The van der Waals surface area contributed by atoms with Gasteiger partial charge < -0.3 is 9.84 Å². The average molecular weight is 740 g/mol. The predicted octanol–water partition coefficient (Wildman–Crippen LogP) is 5.73. The first kappa shape index (κ1) is 31.2. The summed E-state index contributed by atoms with van der Waals surface area (Å²) in [5.74, 6) is -3.00. The fourth-order valence-corrected chi connectivity index (χ4v) is 8.76. The molecule has 0 bridgehead atoms. The Labute approximate surface area is 293 Å². The molecule has 1 saturated carbocycles. The minimum atomic E-state index is -1.57. The molecular weight excluding hydrogens is 712 g/mol. The van der Waals surface area contributed by atoms with Crippen molar-refractivity contribution in [1.29, 1.82) is 0 Å². The highest BCUT2D eigenvalue weighted by Gasteiger charge is 2.69. The van der Waals surface area contributed by atoms with Crippen LogP contribution >= 0.6 is 27.5 Å². The second-order valence-corrected chi connectivity index (χ2v) is 13.7. The van der Waals surface area contributed by atoms with E-state index in [2.05, 4.69) is 15.9 Å². The molecule has 3 heterocycles. The van der Waals surface area contributed by atoms with E-state index in [0.29, 0.717) is 37.6 Å². The molecule has 246 valence electrons. The Morgan fingerprint density at radius 2 is 1.57 bits per heavy atom. The Morgan fingerprint density at radius 3 is 2.27 bits per heavy atom. The highest BCUT2D eigenvalue weighted by Crippen LogP contribution is 2.64. The van der Waals surface area contributed by atoms with E-state index in [1.807, 2.05) is 36.4 Å². The molecule has 0 spiro atoms. The predicted molar refractivity (Wildman–Crippen MR) is 187 cm³/mol. The summed E-state index contributed by atoms with van der Waals surface area (Å²) in [6.45, 7) is 0.0256. The number of halogens is 2. The molecule has 3 aliphatic rings. The Bertz CT molecular complexity index is 2330. The van der Waals surface area contributed by atoms with E-state index in [0.717, 1.165) is 4.57 Å². The van der Waals surface area contributed by atoms with E-state index < -0.39 is 46.5 Å². The summed E-state index contributed by atoms with van der Waals surface area (Å²) >= 11 is 9.93. The quantitative estimate of drug-likeness (QED) is 0.182. The Balaban J connectivity index is 1.45. The molecule has 4 aromatic carbocycles. The monoisotopic (exact) mass is 738 g/mol. The first-order valence-electron chi connectivity index (χ1n) is 15.6. The van der Waals surface area contributed by atoms with Crippen LogP contribution in [0.2, 0.25) is 5.02 Å². The molecule has 1 N–H and O–H groups in total. The van der Waals surface area contributed by atoms with Crippen molar-refractivity contribution in [2.45, 2.75) is 30.3 Å². The maximum atomic E-state index is 15.3. The van der Waals surface area contributed by atoms with Gasteiger partial charge in [-0.15, -0.1) is 0 Å². The number of para-hydroxylation sites is 1. The van der Waals surface area contributed by atoms with Gasteiger partial charge in [-0.2, -0.15) is 0 Å². The topological polar surface area (TPSA) is 116 Å². The largest absolute Gasteiger partial charge is 0.504 e. The number of hydrogen-bond donors (Lipinski definition) is 1. The van der Waals surface area contributed by atoms with Gasteiger partial charge in [0.05, 0.1) is 42.4 Å². The molecule has 4 atom stereocenters. The van der Waals surface area contributed by atoms with Crippen molar-refractivity contribution in [3.05, 3.63) is 150 Å². The molecule has 8 rings (SSSR count). The van der Waals surface area contributed by atoms with Crippen LogP contribution in [0, 0.1) is 5.92 Å². The standard InChI is InChI=1S/C37H28BrClN4O6/c1-49-30-18-22(38)17-27(32(30)44)31-26-15-16-40-35(47)42(24-12-6-3-7-13-24)36(48)43(40)29(26)20-28-33(45)41(25-14-8-11-23(39)19-25)34(46)37(28,31)21-9-4-2-5-10-21/h2-15,17-19,28-29,31,44H,16,20H2,1H3. The van der Waals surface area contributed by atoms with Crippen molar-refractivity contribution in [2.24, 2.45) is 5.92 Å². The van der Waals surface area contributed by atoms with Crippen LogP contribution in [0.5, 0.6) is 11.5 Å². The number of rotatable bonds is 5. The highest BCUT2D eigenvalue weighted by molar-refractivity contribution is 9.10. The number of phenolic OH excluding ortho intramolecular Hbond substituents is 1. The van der Waals surface area contributed by atoms with Crippen LogP contribution in [-0.4, -0.2) is 38.0 Å². The number of fused-ring (bicyclic) bond motifs is 4. The molecule has 2 fully saturated rings. The lowest BCUT2D eigenvalue weighted by Gasteiger charge is -2.49. The summed E-state index contributed by atoms with van der Waals surface area (Å²) in [5.41, 5.74) is -0.422. The number of anilines is 1. The SMILES string of the molecule is COc1cc(Br)cc(C2C3=CCn4c(=O)n(-c5ccccc5)c(=O)n4C3CC3C(=O)N(c4cccc(Cl)c4)C(=O)C32c2ccccc2)c1O. The van der Waals surface area contributed by atoms with Gasteiger partial charge in [0.15, 0.2) is 11.5 Å². The van der Waals surface area contributed by atoms with Crippen molar-refractivity contribution in [2.75, 3.05) is 12.0 Å². The zero-order valence-electron chi connectivity index (χ0n) is 26.0. The van der Waals surface area contributed by atoms with Gasteiger partial charge in [0, 0.05) is 21.0 Å². The number of aromatic nitrogens is 3. The van der Waals surface area contributed by atoms with Gasteiger partial charge in [0.25, 0.3) is 0 Å². The number of phenols is 1. The molecular formula is C37H28BrClN4O6. The molecule has 10 nitrogen and oxygen atoms in total. The fraction of sp³-hybridized carbons (Fsp3) is 0.189. The first-order valence-corrected chi connectivity index (χ1v) is 16.8. The third-order valence-corrected chi connectivity index (χ3v) is 10.7. The zero-order chi connectivity index (χ0) is 34.2. The van der Waals surface area contributed by atoms with Crippen LogP contribution in [0.15, 0.2) is 123 Å². The molecule has 4 unspecified atom stereocenters. The number of aromatic hydroxyl groups is 1. The van der Waals surface area contributed by atoms with Crippen LogP contribution in [0.3, 0.4) is 0 Å². The molecule has 5 aromatic rings. The lowest BCUT2D eigenvalue weighted by atomic mass is 9.53. The van der Waals surface area contributed by atoms with Gasteiger partial charge in [-0.1, -0.05) is 88.2 Å². The first-order chi connectivity index (χ1) is 23.7. The molecule has 1 aromatic heterocycles. The highest BCUT2D eigenvalue weighted by atomic mass is 79.9.